The summed E-state index contributed by atoms with van der Waals surface area (Å²) in [6.07, 6.45) is 2.43. The highest BCUT2D eigenvalue weighted by Crippen LogP contribution is 2.25. The van der Waals surface area contributed by atoms with Gasteiger partial charge in [0.05, 0.1) is 11.4 Å². The molecule has 156 valence electrons. The Morgan fingerprint density at radius 2 is 1.80 bits per heavy atom. The van der Waals surface area contributed by atoms with Crippen LogP contribution in [-0.2, 0) is 36.1 Å². The van der Waals surface area contributed by atoms with E-state index in [9.17, 15) is 17.6 Å². The zero-order valence-electron chi connectivity index (χ0n) is 16.3. The molecule has 8 heteroatoms. The molecule has 0 bridgehead atoms. The number of hydrogen-bond acceptors (Lipinski definition) is 6. The molecule has 0 unspecified atom stereocenters. The second-order valence-corrected chi connectivity index (χ2v) is 9.35. The first-order chi connectivity index (χ1) is 14.3. The number of sulfone groups is 1. The minimum atomic E-state index is -3.26. The monoisotopic (exact) mass is 429 g/mol. The van der Waals surface area contributed by atoms with Gasteiger partial charge in [-0.15, -0.1) is 0 Å². The first-order valence-electron chi connectivity index (χ1n) is 9.31. The minimum absolute atomic E-state index is 0.0812. The number of benzene rings is 2. The van der Waals surface area contributed by atoms with Crippen molar-refractivity contribution in [3.05, 3.63) is 93.3 Å². The van der Waals surface area contributed by atoms with Crippen molar-refractivity contribution in [2.24, 2.45) is 0 Å². The molecular weight excluding hydrogens is 409 g/mol. The van der Waals surface area contributed by atoms with Gasteiger partial charge in [0, 0.05) is 25.4 Å². The third kappa shape index (κ3) is 4.60. The predicted octanol–water partition coefficient (Wildman–Crippen LogP) is 3.28. The summed E-state index contributed by atoms with van der Waals surface area (Å²) in [5.74, 6) is 0.324. The molecule has 0 spiro atoms. The van der Waals surface area contributed by atoms with Crippen LogP contribution in [-0.4, -0.2) is 19.6 Å². The molecule has 4 rings (SSSR count). The summed E-state index contributed by atoms with van der Waals surface area (Å²) in [7, 11) is -3.26. The highest BCUT2D eigenvalue weighted by Gasteiger charge is 2.20. The highest BCUT2D eigenvalue weighted by atomic mass is 32.2. The number of rotatable bonds is 6. The van der Waals surface area contributed by atoms with Gasteiger partial charge < -0.3 is 9.15 Å². The molecule has 0 radical (unpaired) electrons. The third-order valence-corrected chi connectivity index (χ3v) is 6.06. The van der Waals surface area contributed by atoms with E-state index in [1.54, 1.807) is 18.2 Å². The maximum atomic E-state index is 13.4. The zero-order chi connectivity index (χ0) is 21.3. The number of ether oxygens (including phenoxy) is 1. The van der Waals surface area contributed by atoms with Crippen molar-refractivity contribution in [3.8, 4) is 5.75 Å². The Morgan fingerprint density at radius 1 is 1.07 bits per heavy atom. The van der Waals surface area contributed by atoms with E-state index in [2.05, 4.69) is 4.90 Å². The Labute approximate surface area is 173 Å². The van der Waals surface area contributed by atoms with Crippen molar-refractivity contribution in [3.63, 3.8) is 0 Å². The van der Waals surface area contributed by atoms with Crippen molar-refractivity contribution in [1.82, 2.24) is 4.90 Å². The molecule has 30 heavy (non-hydrogen) atoms. The van der Waals surface area contributed by atoms with Crippen LogP contribution in [0.4, 0.5) is 4.39 Å². The number of hydrogen-bond donors (Lipinski definition) is 0. The largest absolute Gasteiger partial charge is 0.482 e. The van der Waals surface area contributed by atoms with Gasteiger partial charge >= 0.3 is 0 Å². The van der Waals surface area contributed by atoms with Crippen molar-refractivity contribution < 1.29 is 22.0 Å². The number of halogens is 1. The average Bonchev–Trinajstić information content (AvgIpc) is 3.08. The van der Waals surface area contributed by atoms with Gasteiger partial charge in [0.1, 0.15) is 24.4 Å². The quantitative estimate of drug-likeness (QED) is 0.599. The van der Waals surface area contributed by atoms with E-state index in [4.69, 9.17) is 9.15 Å². The Bertz CT molecular complexity index is 1240. The fraction of sp³-hybridized carbons (Fsp3) is 0.227. The summed E-state index contributed by atoms with van der Waals surface area (Å²) in [5.41, 5.74) is 2.44. The third-order valence-electron chi connectivity index (χ3n) is 4.93. The van der Waals surface area contributed by atoms with E-state index >= 15 is 0 Å². The molecule has 2 heterocycles. The fourth-order valence-corrected chi connectivity index (χ4v) is 4.02. The van der Waals surface area contributed by atoms with Crippen LogP contribution in [0.25, 0.3) is 0 Å². The lowest BCUT2D eigenvalue weighted by Crippen LogP contribution is -2.17. The summed E-state index contributed by atoms with van der Waals surface area (Å²) in [6, 6.07) is 12.4. The summed E-state index contributed by atoms with van der Waals surface area (Å²) < 4.78 is 47.4. The molecule has 2 aromatic carbocycles. The Hall–Kier alpha value is -2.97. The molecule has 0 amide bonds. The normalized spacial score (nSPS) is 13.9. The van der Waals surface area contributed by atoms with Gasteiger partial charge in [0.2, 0.25) is 11.2 Å². The number of nitrogens with zero attached hydrogens (tertiary/aromatic N) is 1. The van der Waals surface area contributed by atoms with Crippen LogP contribution >= 0.6 is 0 Å². The Kier molecular flexibility index (Phi) is 5.44. The molecule has 1 aromatic heterocycles. The molecule has 0 saturated heterocycles. The maximum Gasteiger partial charge on any atom is 0.227 e. The summed E-state index contributed by atoms with van der Waals surface area (Å²) >= 11 is 0. The smallest absolute Gasteiger partial charge is 0.227 e. The van der Waals surface area contributed by atoms with Crippen LogP contribution in [0.3, 0.4) is 0 Å². The van der Waals surface area contributed by atoms with E-state index in [1.165, 1.54) is 36.6 Å². The van der Waals surface area contributed by atoms with E-state index in [0.29, 0.717) is 25.4 Å². The van der Waals surface area contributed by atoms with Gasteiger partial charge in [-0.2, -0.15) is 0 Å². The van der Waals surface area contributed by atoms with Gasteiger partial charge in [-0.05, 0) is 41.0 Å². The number of fused-ring (bicyclic) bond motifs is 1. The van der Waals surface area contributed by atoms with Crippen LogP contribution in [0.5, 0.6) is 5.75 Å². The van der Waals surface area contributed by atoms with Gasteiger partial charge in [-0.3, -0.25) is 9.69 Å². The average molecular weight is 429 g/mol. The second kappa shape index (κ2) is 8.04. The second-order valence-electron chi connectivity index (χ2n) is 7.34. The van der Waals surface area contributed by atoms with Gasteiger partial charge in [0.25, 0.3) is 0 Å². The van der Waals surface area contributed by atoms with Gasteiger partial charge in [-0.25, -0.2) is 12.8 Å². The van der Waals surface area contributed by atoms with Crippen LogP contribution in [0.15, 0.2) is 68.9 Å². The highest BCUT2D eigenvalue weighted by molar-refractivity contribution is 7.90. The van der Waals surface area contributed by atoms with E-state index in [-0.39, 0.29) is 28.5 Å². The van der Waals surface area contributed by atoms with Crippen molar-refractivity contribution in [1.29, 1.82) is 0 Å². The lowest BCUT2D eigenvalue weighted by molar-refractivity contribution is 0.241. The fourth-order valence-electron chi connectivity index (χ4n) is 3.39. The topological polar surface area (TPSA) is 76.8 Å². The molecule has 0 aliphatic carbocycles. The molecule has 1 aliphatic rings. The minimum Gasteiger partial charge on any atom is -0.482 e. The molecular formula is C22H20FNO5S. The molecule has 1 aliphatic heterocycles. The Morgan fingerprint density at radius 3 is 2.50 bits per heavy atom. The molecule has 6 nitrogen and oxygen atoms in total. The summed E-state index contributed by atoms with van der Waals surface area (Å²) in [5, 5.41) is 0. The lowest BCUT2D eigenvalue weighted by atomic mass is 10.1. The molecule has 0 N–H and O–H groups in total. The van der Waals surface area contributed by atoms with Crippen LogP contribution in [0.2, 0.25) is 0 Å². The van der Waals surface area contributed by atoms with Crippen LogP contribution in [0, 0.1) is 5.82 Å². The molecule has 0 saturated carbocycles. The van der Waals surface area contributed by atoms with Gasteiger partial charge in [0.15, 0.2) is 9.84 Å². The van der Waals surface area contributed by atoms with Crippen molar-refractivity contribution in [2.75, 3.05) is 6.26 Å². The first kappa shape index (κ1) is 20.3. The first-order valence-corrected chi connectivity index (χ1v) is 11.2. The maximum absolute atomic E-state index is 13.4. The predicted molar refractivity (Wildman–Crippen MR) is 108 cm³/mol. The standard InChI is InChI=1S/C22H20FNO5S/c1-30(26,27)20-6-2-15(3-7-20)13-29-22-14-28-19(9-21(22)25)12-24-10-16-4-5-18(23)8-17(16)11-24/h2-9,14H,10-13H2,1H3. The van der Waals surface area contributed by atoms with Crippen LogP contribution < -0.4 is 10.2 Å². The zero-order valence-corrected chi connectivity index (χ0v) is 17.1. The molecule has 0 fully saturated rings. The van der Waals surface area contributed by atoms with E-state index in [0.717, 1.165) is 22.9 Å². The Balaban J connectivity index is 1.37. The van der Waals surface area contributed by atoms with Crippen LogP contribution in [0.1, 0.15) is 22.5 Å². The van der Waals surface area contributed by atoms with Crippen molar-refractivity contribution in [2.45, 2.75) is 31.1 Å². The molecule has 0 atom stereocenters. The summed E-state index contributed by atoms with van der Waals surface area (Å²) in [4.78, 5) is 14.6. The SMILES string of the molecule is CS(=O)(=O)c1ccc(COc2coc(CN3Cc4ccc(F)cc4C3)cc2=O)cc1. The molecule has 3 aromatic rings. The summed E-state index contributed by atoms with van der Waals surface area (Å²) in [6.45, 7) is 1.81. The van der Waals surface area contributed by atoms with Gasteiger partial charge in [-0.1, -0.05) is 18.2 Å². The van der Waals surface area contributed by atoms with E-state index in [1.807, 2.05) is 0 Å². The van der Waals surface area contributed by atoms with E-state index < -0.39 is 9.84 Å². The van der Waals surface area contributed by atoms with Crippen molar-refractivity contribution >= 4 is 9.84 Å². The lowest BCUT2D eigenvalue weighted by Gasteiger charge is -2.14.